The van der Waals surface area contributed by atoms with E-state index >= 15 is 0 Å². The molecule has 0 bridgehead atoms. The van der Waals surface area contributed by atoms with Crippen molar-refractivity contribution in [2.75, 3.05) is 11.5 Å². The number of aliphatic hydroxyl groups is 1. The van der Waals surface area contributed by atoms with E-state index in [-0.39, 0.29) is 17.3 Å². The van der Waals surface area contributed by atoms with Crippen LogP contribution >= 0.6 is 0 Å². The van der Waals surface area contributed by atoms with E-state index in [1.807, 2.05) is 38.1 Å². The van der Waals surface area contributed by atoms with Gasteiger partial charge in [0.15, 0.2) is 11.5 Å². The number of nitrogens with zero attached hydrogens (tertiary/aromatic N) is 3. The van der Waals surface area contributed by atoms with E-state index < -0.39 is 23.6 Å². The van der Waals surface area contributed by atoms with E-state index in [0.717, 1.165) is 0 Å². The van der Waals surface area contributed by atoms with E-state index in [4.69, 9.17) is 9.26 Å². The van der Waals surface area contributed by atoms with Crippen molar-refractivity contribution in [2.45, 2.75) is 40.7 Å². The lowest BCUT2D eigenvalue weighted by atomic mass is 9.90. The fourth-order valence-electron chi connectivity index (χ4n) is 4.01. The lowest BCUT2D eigenvalue weighted by molar-refractivity contribution is -0.119. The van der Waals surface area contributed by atoms with Crippen LogP contribution in [0.25, 0.3) is 11.4 Å². The van der Waals surface area contributed by atoms with Crippen LogP contribution in [-0.4, -0.2) is 33.5 Å². The molecule has 1 unspecified atom stereocenters. The van der Waals surface area contributed by atoms with Gasteiger partial charge in [0.1, 0.15) is 5.75 Å². The van der Waals surface area contributed by atoms with Gasteiger partial charge in [-0.05, 0) is 36.2 Å². The third-order valence-corrected chi connectivity index (χ3v) is 5.71. The van der Waals surface area contributed by atoms with Crippen LogP contribution in [0.5, 0.6) is 5.75 Å². The Labute approximate surface area is 204 Å². The number of aliphatic hydroxyl groups excluding tert-OH is 1. The van der Waals surface area contributed by atoms with Crippen molar-refractivity contribution in [3.05, 3.63) is 71.3 Å². The maximum Gasteiger partial charge on any atom is 0.294 e. The molecule has 0 saturated carbocycles. The van der Waals surface area contributed by atoms with E-state index in [9.17, 15) is 14.7 Å². The predicted octanol–water partition coefficient (Wildman–Crippen LogP) is 5.20. The molecule has 1 aliphatic heterocycles. The second-order valence-electron chi connectivity index (χ2n) is 9.29. The molecule has 8 nitrogen and oxygen atoms in total. The molecule has 4 rings (SSSR count). The second kappa shape index (κ2) is 9.74. The molecule has 0 aliphatic carbocycles. The lowest BCUT2D eigenvalue weighted by Crippen LogP contribution is -2.31. The summed E-state index contributed by atoms with van der Waals surface area (Å²) < 4.78 is 11.1. The Kier molecular flexibility index (Phi) is 6.73. The van der Waals surface area contributed by atoms with Gasteiger partial charge in [-0.3, -0.25) is 14.5 Å². The summed E-state index contributed by atoms with van der Waals surface area (Å²) in [6, 6.07) is 13.5. The number of amides is 1. The number of hydrogen-bond acceptors (Lipinski definition) is 7. The SMILES string of the molecule is Cc1nc(-c2ccc(N3C(=O)C(O)=C(C(=O)C(C)C)C3c3ccccc3OCC(C)C)cc2)no1. The molecule has 1 N–H and O–H groups in total. The molecular weight excluding hydrogens is 446 g/mol. The molecule has 0 saturated heterocycles. The van der Waals surface area contributed by atoms with Gasteiger partial charge in [0, 0.05) is 29.7 Å². The van der Waals surface area contributed by atoms with Crippen LogP contribution in [0.2, 0.25) is 0 Å². The Morgan fingerprint density at radius 1 is 1.11 bits per heavy atom. The number of benzene rings is 2. The predicted molar refractivity (Wildman–Crippen MR) is 131 cm³/mol. The molecule has 3 aromatic rings. The molecule has 0 spiro atoms. The minimum Gasteiger partial charge on any atom is -0.503 e. The number of aryl methyl sites for hydroxylation is 1. The minimum absolute atomic E-state index is 0.0727. The zero-order chi connectivity index (χ0) is 25.3. The van der Waals surface area contributed by atoms with Gasteiger partial charge in [-0.2, -0.15) is 4.98 Å². The van der Waals surface area contributed by atoms with Crippen molar-refractivity contribution < 1.29 is 24.0 Å². The highest BCUT2D eigenvalue weighted by Gasteiger charge is 2.45. The Balaban J connectivity index is 1.81. The number of ether oxygens (including phenoxy) is 1. The van der Waals surface area contributed by atoms with Crippen LogP contribution in [0.1, 0.15) is 45.2 Å². The highest BCUT2D eigenvalue weighted by atomic mass is 16.5. The smallest absolute Gasteiger partial charge is 0.294 e. The van der Waals surface area contributed by atoms with Gasteiger partial charge in [-0.25, -0.2) is 0 Å². The fraction of sp³-hybridized carbons (Fsp3) is 0.333. The quantitative estimate of drug-likeness (QED) is 0.477. The van der Waals surface area contributed by atoms with Crippen LogP contribution < -0.4 is 9.64 Å². The van der Waals surface area contributed by atoms with Gasteiger partial charge in [0.2, 0.25) is 11.7 Å². The number of para-hydroxylation sites is 1. The van der Waals surface area contributed by atoms with Gasteiger partial charge in [-0.15, -0.1) is 0 Å². The molecule has 182 valence electrons. The van der Waals surface area contributed by atoms with Crippen molar-refractivity contribution in [1.82, 2.24) is 10.1 Å². The van der Waals surface area contributed by atoms with E-state index in [1.54, 1.807) is 45.0 Å². The van der Waals surface area contributed by atoms with Gasteiger partial charge in [0.05, 0.1) is 18.2 Å². The number of aromatic nitrogens is 2. The summed E-state index contributed by atoms with van der Waals surface area (Å²) in [6.07, 6.45) is 0. The Hall–Kier alpha value is -3.94. The van der Waals surface area contributed by atoms with Crippen molar-refractivity contribution in [3.63, 3.8) is 0 Å². The zero-order valence-corrected chi connectivity index (χ0v) is 20.5. The first-order valence-electron chi connectivity index (χ1n) is 11.6. The largest absolute Gasteiger partial charge is 0.503 e. The number of carbonyl (C=O) groups excluding carboxylic acids is 2. The Bertz CT molecular complexity index is 1270. The maximum absolute atomic E-state index is 13.3. The average Bonchev–Trinajstić information content (AvgIpc) is 3.38. The van der Waals surface area contributed by atoms with Crippen LogP contribution in [0.4, 0.5) is 5.69 Å². The third kappa shape index (κ3) is 4.69. The molecule has 0 radical (unpaired) electrons. The molecule has 1 aromatic heterocycles. The third-order valence-electron chi connectivity index (χ3n) is 5.71. The van der Waals surface area contributed by atoms with Gasteiger partial charge in [-0.1, -0.05) is 51.1 Å². The molecular formula is C27H29N3O5. The number of hydrogen-bond donors (Lipinski definition) is 1. The summed E-state index contributed by atoms with van der Waals surface area (Å²) in [6.45, 7) is 9.75. The molecule has 8 heteroatoms. The molecule has 2 heterocycles. The standard InChI is InChI=1S/C27H29N3O5/c1-15(2)14-34-21-9-7-6-8-20(21)23-22(24(31)16(3)4)25(32)27(33)30(23)19-12-10-18(11-13-19)26-28-17(5)35-29-26/h6-13,15-16,23,32H,14H2,1-5H3. The van der Waals surface area contributed by atoms with E-state index in [2.05, 4.69) is 10.1 Å². The van der Waals surface area contributed by atoms with Crippen molar-refractivity contribution in [1.29, 1.82) is 0 Å². The number of carbonyl (C=O) groups is 2. The highest BCUT2D eigenvalue weighted by Crippen LogP contribution is 2.44. The maximum atomic E-state index is 13.3. The van der Waals surface area contributed by atoms with Crippen LogP contribution in [-0.2, 0) is 9.59 Å². The highest BCUT2D eigenvalue weighted by molar-refractivity contribution is 6.17. The molecule has 1 aliphatic rings. The molecule has 2 aromatic carbocycles. The summed E-state index contributed by atoms with van der Waals surface area (Å²) >= 11 is 0. The molecule has 1 amide bonds. The first-order chi connectivity index (χ1) is 16.7. The molecule has 1 atom stereocenters. The van der Waals surface area contributed by atoms with Crippen molar-refractivity contribution >= 4 is 17.4 Å². The van der Waals surface area contributed by atoms with Gasteiger partial charge >= 0.3 is 0 Å². The summed E-state index contributed by atoms with van der Waals surface area (Å²) in [4.78, 5) is 32.2. The average molecular weight is 476 g/mol. The molecule has 35 heavy (non-hydrogen) atoms. The number of rotatable bonds is 8. The Morgan fingerprint density at radius 3 is 2.40 bits per heavy atom. The monoisotopic (exact) mass is 475 g/mol. The van der Waals surface area contributed by atoms with Crippen LogP contribution in [0.15, 0.2) is 64.4 Å². The number of Topliss-reactive ketones (excluding diaryl/α,β-unsaturated/α-hetero) is 1. The zero-order valence-electron chi connectivity index (χ0n) is 20.5. The topological polar surface area (TPSA) is 106 Å². The second-order valence-corrected chi connectivity index (χ2v) is 9.29. The molecule has 0 fully saturated rings. The van der Waals surface area contributed by atoms with Crippen molar-refractivity contribution in [2.24, 2.45) is 11.8 Å². The fourth-order valence-corrected chi connectivity index (χ4v) is 4.01. The number of ketones is 1. The van der Waals surface area contributed by atoms with Gasteiger partial charge in [0.25, 0.3) is 5.91 Å². The minimum atomic E-state index is -0.834. The Morgan fingerprint density at radius 2 is 1.80 bits per heavy atom. The lowest BCUT2D eigenvalue weighted by Gasteiger charge is -2.29. The summed E-state index contributed by atoms with van der Waals surface area (Å²) in [5.41, 5.74) is 1.93. The summed E-state index contributed by atoms with van der Waals surface area (Å²) in [5.74, 6) is -0.148. The van der Waals surface area contributed by atoms with Gasteiger partial charge < -0.3 is 14.4 Å². The first kappa shape index (κ1) is 24.2. The summed E-state index contributed by atoms with van der Waals surface area (Å²) in [7, 11) is 0. The van der Waals surface area contributed by atoms with Crippen LogP contribution in [0.3, 0.4) is 0 Å². The van der Waals surface area contributed by atoms with Crippen LogP contribution in [0, 0.1) is 18.8 Å². The van der Waals surface area contributed by atoms with E-state index in [1.165, 1.54) is 4.90 Å². The first-order valence-corrected chi connectivity index (χ1v) is 11.6. The normalized spacial score (nSPS) is 16.0. The van der Waals surface area contributed by atoms with Crippen molar-refractivity contribution in [3.8, 4) is 17.1 Å². The number of anilines is 1. The summed E-state index contributed by atoms with van der Waals surface area (Å²) in [5, 5.41) is 14.8. The van der Waals surface area contributed by atoms with E-state index in [0.29, 0.717) is 40.9 Å².